The van der Waals surface area contributed by atoms with Crippen molar-refractivity contribution in [1.82, 2.24) is 20.3 Å². The maximum atomic E-state index is 14.9. The number of piperazine rings is 1. The van der Waals surface area contributed by atoms with E-state index in [9.17, 15) is 22.4 Å². The molecule has 0 aliphatic carbocycles. The summed E-state index contributed by atoms with van der Waals surface area (Å²) in [5.41, 5.74) is -4.51. The van der Waals surface area contributed by atoms with Crippen LogP contribution in [0.15, 0.2) is 18.5 Å². The number of anilines is 2. The van der Waals surface area contributed by atoms with E-state index >= 15 is 0 Å². The first-order chi connectivity index (χ1) is 16.0. The number of nitrogens with one attached hydrogen (secondary N) is 2. The molecule has 34 heavy (non-hydrogen) atoms. The summed E-state index contributed by atoms with van der Waals surface area (Å²) in [6, 6.07) is 2.41. The fraction of sp³-hybridized carbons (Fsp3) is 0.500. The predicted octanol–water partition coefficient (Wildman–Crippen LogP) is 3.15. The summed E-state index contributed by atoms with van der Waals surface area (Å²) in [6.45, 7) is 2.67. The second-order valence-corrected chi connectivity index (χ2v) is 8.88. The van der Waals surface area contributed by atoms with Crippen molar-refractivity contribution in [3.05, 3.63) is 29.6 Å². The molecule has 1 fully saturated rings. The highest BCUT2D eigenvalue weighted by molar-refractivity contribution is 7.18. The van der Waals surface area contributed by atoms with E-state index in [1.54, 1.807) is 0 Å². The van der Waals surface area contributed by atoms with E-state index in [-0.39, 0.29) is 34.6 Å². The first kappa shape index (κ1) is 24.5. The second kappa shape index (κ2) is 9.20. The number of nitrogens with zero attached hydrogens (tertiary/aromatic N) is 4. The van der Waals surface area contributed by atoms with Gasteiger partial charge in [0.25, 0.3) is 11.6 Å². The Morgan fingerprint density at radius 3 is 2.74 bits per heavy atom. The minimum atomic E-state index is -3.58. The molecule has 2 aromatic heterocycles. The molecule has 2 aliphatic rings. The molecule has 1 amide bonds. The molecule has 0 saturated carbocycles. The van der Waals surface area contributed by atoms with E-state index in [0.29, 0.717) is 19.6 Å². The van der Waals surface area contributed by atoms with E-state index in [2.05, 4.69) is 30.3 Å². The van der Waals surface area contributed by atoms with E-state index < -0.39 is 36.0 Å². The third-order valence-electron chi connectivity index (χ3n) is 5.44. The Bertz CT molecular complexity index is 1090. The summed E-state index contributed by atoms with van der Waals surface area (Å²) in [4.78, 5) is 26.0. The molecule has 2 N–H and O–H groups in total. The Morgan fingerprint density at radius 2 is 2.06 bits per heavy atom. The average molecular weight is 502 g/mol. The van der Waals surface area contributed by atoms with Gasteiger partial charge in [0.1, 0.15) is 30.3 Å². The number of amides is 1. The summed E-state index contributed by atoms with van der Waals surface area (Å²) in [5.74, 6) is -3.36. The van der Waals surface area contributed by atoms with Gasteiger partial charge in [-0.3, -0.25) is 5.32 Å². The van der Waals surface area contributed by atoms with Crippen molar-refractivity contribution in [1.29, 1.82) is 0 Å². The molecule has 2 aromatic rings. The first-order valence-electron chi connectivity index (χ1n) is 10.4. The van der Waals surface area contributed by atoms with Crippen molar-refractivity contribution in [2.75, 3.05) is 43.6 Å². The van der Waals surface area contributed by atoms with Gasteiger partial charge in [-0.05, 0) is 19.1 Å². The van der Waals surface area contributed by atoms with Crippen LogP contribution in [-0.4, -0.2) is 66.1 Å². The van der Waals surface area contributed by atoms with Crippen molar-refractivity contribution in [3.8, 4) is 11.4 Å². The summed E-state index contributed by atoms with van der Waals surface area (Å²) in [6.07, 6.45) is -2.15. The number of pyridine rings is 1. The monoisotopic (exact) mass is 502 g/mol. The molecule has 2 aliphatic heterocycles. The molecule has 14 heteroatoms. The molecule has 184 valence electrons. The van der Waals surface area contributed by atoms with Crippen LogP contribution < -0.4 is 15.5 Å². The van der Waals surface area contributed by atoms with Gasteiger partial charge in [-0.15, -0.1) is 0 Å². The quantitative estimate of drug-likeness (QED) is 0.459. The highest BCUT2D eigenvalue weighted by atomic mass is 31.0. The average Bonchev–Trinajstić information content (AvgIpc) is 2.77. The number of rotatable bonds is 6. The van der Waals surface area contributed by atoms with E-state index in [0.717, 1.165) is 19.5 Å². The van der Waals surface area contributed by atoms with Crippen LogP contribution in [0.3, 0.4) is 0 Å². The normalized spacial score (nSPS) is 21.0. The molecule has 4 heterocycles. The van der Waals surface area contributed by atoms with Crippen molar-refractivity contribution in [2.24, 2.45) is 0 Å². The van der Waals surface area contributed by atoms with Crippen LogP contribution in [0.5, 0.6) is 0 Å². The standard InChI is InChI=1S/C20H23F4N6O3P/c1-10-7-30(4-3-25-10)13-6-11(19(21,22)8-32-2)5-12(28-13)15-14-16(20(23,24)34)33-18(31)29-17(14)27-9-26-15/h5-6,9-10,16,25H,3-4,7-8,34H2,1-2H3,(H,26,27,29,31)/t10-,16+/m0/s1. The largest absolute Gasteiger partial charge is 0.434 e. The molecule has 0 bridgehead atoms. The lowest BCUT2D eigenvalue weighted by molar-refractivity contribution is -0.0697. The van der Waals surface area contributed by atoms with Gasteiger partial charge >= 0.3 is 6.09 Å². The maximum absolute atomic E-state index is 14.9. The van der Waals surface area contributed by atoms with Gasteiger partial charge in [0, 0.05) is 38.3 Å². The molecule has 9 nitrogen and oxygen atoms in total. The zero-order chi connectivity index (χ0) is 24.7. The molecule has 1 unspecified atom stereocenters. The topological polar surface area (TPSA) is 102 Å². The van der Waals surface area contributed by atoms with Crippen LogP contribution in [0, 0.1) is 0 Å². The number of ether oxygens (including phenoxy) is 2. The zero-order valence-corrected chi connectivity index (χ0v) is 19.5. The Balaban J connectivity index is 1.90. The van der Waals surface area contributed by atoms with Crippen LogP contribution in [0.1, 0.15) is 24.2 Å². The van der Waals surface area contributed by atoms with Crippen molar-refractivity contribution >= 4 is 27.0 Å². The lowest BCUT2D eigenvalue weighted by Gasteiger charge is -2.34. The molecule has 0 aromatic carbocycles. The fourth-order valence-corrected chi connectivity index (χ4v) is 4.16. The van der Waals surface area contributed by atoms with Gasteiger partial charge in [0.15, 0.2) is 0 Å². The molecule has 4 rings (SSSR count). The fourth-order valence-electron chi connectivity index (χ4n) is 3.93. The summed E-state index contributed by atoms with van der Waals surface area (Å²) >= 11 is 0. The predicted molar refractivity (Wildman–Crippen MR) is 118 cm³/mol. The van der Waals surface area contributed by atoms with E-state index in [4.69, 9.17) is 4.74 Å². The van der Waals surface area contributed by atoms with E-state index in [1.165, 1.54) is 15.3 Å². The molecule has 3 atom stereocenters. The van der Waals surface area contributed by atoms with Crippen LogP contribution in [0.25, 0.3) is 11.4 Å². The Hall–Kier alpha value is -2.63. The van der Waals surface area contributed by atoms with Gasteiger partial charge in [-0.1, -0.05) is 9.24 Å². The Morgan fingerprint density at radius 1 is 1.29 bits per heavy atom. The van der Waals surface area contributed by atoms with E-state index in [1.807, 2.05) is 11.8 Å². The Labute approximate surface area is 194 Å². The third-order valence-corrected chi connectivity index (χ3v) is 5.74. The number of methoxy groups -OCH3 is 1. The third kappa shape index (κ3) is 4.91. The van der Waals surface area contributed by atoms with Crippen LogP contribution in [-0.2, 0) is 15.4 Å². The van der Waals surface area contributed by atoms with Crippen molar-refractivity contribution in [3.63, 3.8) is 0 Å². The molecular weight excluding hydrogens is 479 g/mol. The number of fused-ring (bicyclic) bond motifs is 1. The number of halogens is 4. The number of aromatic nitrogens is 3. The minimum Gasteiger partial charge on any atom is -0.434 e. The number of carbonyl (C=O) groups is 1. The lowest BCUT2D eigenvalue weighted by atomic mass is 10.0. The number of hydrogen-bond acceptors (Lipinski definition) is 8. The number of alkyl halides is 4. The first-order valence-corrected chi connectivity index (χ1v) is 10.9. The van der Waals surface area contributed by atoms with Gasteiger partial charge in [0.2, 0.25) is 6.10 Å². The van der Waals surface area contributed by atoms with Gasteiger partial charge < -0.3 is 19.7 Å². The summed E-state index contributed by atoms with van der Waals surface area (Å²) in [5, 5.41) is 5.51. The summed E-state index contributed by atoms with van der Waals surface area (Å²) < 4.78 is 68.1. The Kier molecular flexibility index (Phi) is 6.63. The lowest BCUT2D eigenvalue weighted by Crippen LogP contribution is -2.49. The second-order valence-electron chi connectivity index (χ2n) is 8.11. The smallest absolute Gasteiger partial charge is 0.413 e. The highest BCUT2D eigenvalue weighted by Gasteiger charge is 2.46. The van der Waals surface area contributed by atoms with Gasteiger partial charge in [-0.25, -0.2) is 19.7 Å². The van der Waals surface area contributed by atoms with Crippen LogP contribution in [0.4, 0.5) is 34.0 Å². The SMILES string of the molecule is COCC(F)(F)c1cc(-c2ncnc3c2[C@H](C(F)(F)P)OC(=O)N3)nc(N2CCN[C@@H](C)C2)c1. The van der Waals surface area contributed by atoms with Crippen molar-refractivity contribution < 1.29 is 31.8 Å². The minimum absolute atomic E-state index is 0.0813. The molecule has 1 saturated heterocycles. The van der Waals surface area contributed by atoms with Gasteiger partial charge in [-0.2, -0.15) is 17.6 Å². The highest BCUT2D eigenvalue weighted by Crippen LogP contribution is 2.47. The molecular formula is C20H23F4N6O3P. The zero-order valence-electron chi connectivity index (χ0n) is 18.3. The molecule has 0 radical (unpaired) electrons. The maximum Gasteiger partial charge on any atom is 0.413 e. The molecule has 0 spiro atoms. The van der Waals surface area contributed by atoms with Gasteiger partial charge in [0.05, 0.1) is 11.3 Å². The number of cyclic esters (lactones) is 1. The number of hydrogen-bond donors (Lipinski definition) is 2. The van der Waals surface area contributed by atoms with Crippen molar-refractivity contribution in [2.45, 2.75) is 30.7 Å². The summed E-state index contributed by atoms with van der Waals surface area (Å²) in [7, 11) is 2.47. The number of carbonyl (C=O) groups excluding carboxylic acids is 1. The van der Waals surface area contributed by atoms with Crippen LogP contribution >= 0.6 is 9.24 Å². The van der Waals surface area contributed by atoms with Crippen LogP contribution in [0.2, 0.25) is 0 Å².